The van der Waals surface area contributed by atoms with Gasteiger partial charge in [0.15, 0.2) is 17.2 Å². The highest BCUT2D eigenvalue weighted by molar-refractivity contribution is 5.94. The van der Waals surface area contributed by atoms with E-state index in [2.05, 4.69) is 12.0 Å². The molecule has 1 heterocycles. The average Bonchev–Trinajstić information content (AvgIpc) is 2.43. The second kappa shape index (κ2) is 4.07. The second-order valence-electron chi connectivity index (χ2n) is 3.04. The van der Waals surface area contributed by atoms with E-state index in [1.807, 2.05) is 0 Å². The van der Waals surface area contributed by atoms with Gasteiger partial charge in [0.05, 0.1) is 6.20 Å². The smallest absolute Gasteiger partial charge is 0.183 e. The number of rotatable bonds is 4. The lowest BCUT2D eigenvalue weighted by atomic mass is 10.3. The SMILES string of the molecule is CCCCn1cc(O)c(C(C)=O)n1. The number of unbranched alkanes of at least 4 members (excludes halogenated alkanes) is 1. The first-order valence-electron chi connectivity index (χ1n) is 4.42. The molecule has 0 spiro atoms. The first kappa shape index (κ1) is 9.77. The van der Waals surface area contributed by atoms with E-state index in [0.29, 0.717) is 0 Å². The number of ketones is 1. The minimum atomic E-state index is -0.201. The van der Waals surface area contributed by atoms with Crippen LogP contribution in [-0.2, 0) is 6.54 Å². The Bertz CT molecular complexity index is 305. The van der Waals surface area contributed by atoms with Gasteiger partial charge < -0.3 is 5.11 Å². The lowest BCUT2D eigenvalue weighted by molar-refractivity contribution is 0.101. The fourth-order valence-corrected chi connectivity index (χ4v) is 1.10. The van der Waals surface area contributed by atoms with Gasteiger partial charge in [0.1, 0.15) is 0 Å². The molecule has 4 nitrogen and oxygen atoms in total. The molecule has 0 saturated carbocycles. The Kier molecular flexibility index (Phi) is 3.06. The van der Waals surface area contributed by atoms with Crippen LogP contribution in [0.15, 0.2) is 6.20 Å². The fraction of sp³-hybridized carbons (Fsp3) is 0.556. The predicted molar refractivity (Wildman–Crippen MR) is 48.8 cm³/mol. The molecule has 0 atom stereocenters. The molecule has 0 amide bonds. The summed E-state index contributed by atoms with van der Waals surface area (Å²) in [5.74, 6) is -0.226. The fourth-order valence-electron chi connectivity index (χ4n) is 1.10. The molecule has 0 bridgehead atoms. The van der Waals surface area contributed by atoms with Crippen molar-refractivity contribution in [2.45, 2.75) is 33.2 Å². The Hall–Kier alpha value is -1.32. The molecule has 0 aliphatic rings. The molecule has 1 rings (SSSR count). The summed E-state index contributed by atoms with van der Waals surface area (Å²) in [6, 6.07) is 0. The van der Waals surface area contributed by atoms with E-state index in [1.165, 1.54) is 13.1 Å². The zero-order valence-corrected chi connectivity index (χ0v) is 7.95. The monoisotopic (exact) mass is 182 g/mol. The first-order chi connectivity index (χ1) is 6.15. The molecule has 0 radical (unpaired) electrons. The van der Waals surface area contributed by atoms with Gasteiger partial charge in [-0.3, -0.25) is 9.48 Å². The van der Waals surface area contributed by atoms with E-state index in [0.717, 1.165) is 19.4 Å². The molecule has 0 fully saturated rings. The van der Waals surface area contributed by atoms with Crippen molar-refractivity contribution in [3.05, 3.63) is 11.9 Å². The number of hydrogen-bond donors (Lipinski definition) is 1. The van der Waals surface area contributed by atoms with Crippen molar-refractivity contribution in [1.82, 2.24) is 9.78 Å². The van der Waals surface area contributed by atoms with Crippen molar-refractivity contribution in [3.63, 3.8) is 0 Å². The van der Waals surface area contributed by atoms with Gasteiger partial charge in [-0.15, -0.1) is 0 Å². The van der Waals surface area contributed by atoms with E-state index in [-0.39, 0.29) is 17.2 Å². The lowest BCUT2D eigenvalue weighted by Gasteiger charge is -1.96. The number of aryl methyl sites for hydroxylation is 1. The number of aromatic nitrogens is 2. The topological polar surface area (TPSA) is 55.1 Å². The Morgan fingerprint density at radius 2 is 2.38 bits per heavy atom. The molecule has 0 aliphatic heterocycles. The Morgan fingerprint density at radius 1 is 1.69 bits per heavy atom. The minimum absolute atomic E-state index is 0.0244. The van der Waals surface area contributed by atoms with Crippen LogP contribution in [0.25, 0.3) is 0 Å². The third-order valence-electron chi connectivity index (χ3n) is 1.82. The van der Waals surface area contributed by atoms with E-state index < -0.39 is 0 Å². The Morgan fingerprint density at radius 3 is 2.85 bits per heavy atom. The van der Waals surface area contributed by atoms with Gasteiger partial charge in [-0.1, -0.05) is 13.3 Å². The van der Waals surface area contributed by atoms with Crippen LogP contribution >= 0.6 is 0 Å². The molecular formula is C9H14N2O2. The first-order valence-corrected chi connectivity index (χ1v) is 4.42. The summed E-state index contributed by atoms with van der Waals surface area (Å²) in [5.41, 5.74) is 0.163. The summed E-state index contributed by atoms with van der Waals surface area (Å²) < 4.78 is 1.61. The largest absolute Gasteiger partial charge is 0.504 e. The molecule has 1 aromatic rings. The highest BCUT2D eigenvalue weighted by atomic mass is 16.3. The number of aromatic hydroxyl groups is 1. The maximum Gasteiger partial charge on any atom is 0.183 e. The van der Waals surface area contributed by atoms with Crippen LogP contribution in [0, 0.1) is 0 Å². The Labute approximate surface area is 77.2 Å². The summed E-state index contributed by atoms with van der Waals surface area (Å²) in [6.07, 6.45) is 3.56. The second-order valence-corrected chi connectivity index (χ2v) is 3.04. The maximum atomic E-state index is 10.9. The summed E-state index contributed by atoms with van der Waals surface area (Å²) in [5, 5.41) is 13.3. The molecule has 0 aromatic carbocycles. The van der Waals surface area contributed by atoms with Crippen molar-refractivity contribution >= 4 is 5.78 Å². The molecular weight excluding hydrogens is 168 g/mol. The highest BCUT2D eigenvalue weighted by Crippen LogP contribution is 2.15. The van der Waals surface area contributed by atoms with Gasteiger partial charge in [-0.25, -0.2) is 0 Å². The third-order valence-corrected chi connectivity index (χ3v) is 1.82. The van der Waals surface area contributed by atoms with Crippen molar-refractivity contribution in [2.24, 2.45) is 0 Å². The van der Waals surface area contributed by atoms with Crippen LogP contribution in [0.2, 0.25) is 0 Å². The number of Topliss-reactive ketones (excluding diaryl/α,β-unsaturated/α-hetero) is 1. The predicted octanol–water partition coefficient (Wildman–Crippen LogP) is 1.59. The van der Waals surface area contributed by atoms with E-state index >= 15 is 0 Å². The normalized spacial score (nSPS) is 10.3. The van der Waals surface area contributed by atoms with E-state index in [9.17, 15) is 9.90 Å². The molecule has 0 unspecified atom stereocenters. The quantitative estimate of drug-likeness (QED) is 0.719. The number of hydrogen-bond acceptors (Lipinski definition) is 3. The van der Waals surface area contributed by atoms with Gasteiger partial charge in [-0.05, 0) is 6.42 Å². The van der Waals surface area contributed by atoms with Gasteiger partial charge in [0, 0.05) is 13.5 Å². The van der Waals surface area contributed by atoms with Gasteiger partial charge >= 0.3 is 0 Å². The number of carbonyl (C=O) groups excluding carboxylic acids is 1. The maximum absolute atomic E-state index is 10.9. The average molecular weight is 182 g/mol. The molecule has 13 heavy (non-hydrogen) atoms. The summed E-state index contributed by atoms with van der Waals surface area (Å²) >= 11 is 0. The highest BCUT2D eigenvalue weighted by Gasteiger charge is 2.11. The Balaban J connectivity index is 2.76. The third kappa shape index (κ3) is 2.31. The van der Waals surface area contributed by atoms with Crippen molar-refractivity contribution in [1.29, 1.82) is 0 Å². The van der Waals surface area contributed by atoms with Gasteiger partial charge in [-0.2, -0.15) is 5.10 Å². The molecule has 4 heteroatoms. The van der Waals surface area contributed by atoms with Crippen molar-refractivity contribution in [2.75, 3.05) is 0 Å². The zero-order valence-electron chi connectivity index (χ0n) is 7.95. The molecule has 0 aliphatic carbocycles. The molecule has 72 valence electrons. The standard InChI is InChI=1S/C9H14N2O2/c1-3-4-5-11-6-8(13)9(10-11)7(2)12/h6,13H,3-5H2,1-2H3. The van der Waals surface area contributed by atoms with Crippen LogP contribution in [-0.4, -0.2) is 20.7 Å². The van der Waals surface area contributed by atoms with E-state index in [1.54, 1.807) is 4.68 Å². The molecule has 0 saturated heterocycles. The van der Waals surface area contributed by atoms with Crippen molar-refractivity contribution in [3.8, 4) is 5.75 Å². The zero-order chi connectivity index (χ0) is 9.84. The summed E-state index contributed by atoms with van der Waals surface area (Å²) in [6.45, 7) is 4.22. The van der Waals surface area contributed by atoms with Crippen LogP contribution in [0.3, 0.4) is 0 Å². The van der Waals surface area contributed by atoms with Crippen LogP contribution < -0.4 is 0 Å². The summed E-state index contributed by atoms with van der Waals surface area (Å²) in [4.78, 5) is 10.9. The van der Waals surface area contributed by atoms with Crippen LogP contribution in [0.4, 0.5) is 0 Å². The van der Waals surface area contributed by atoms with E-state index in [4.69, 9.17) is 0 Å². The van der Waals surface area contributed by atoms with Gasteiger partial charge in [0.25, 0.3) is 0 Å². The van der Waals surface area contributed by atoms with Gasteiger partial charge in [0.2, 0.25) is 0 Å². The number of nitrogens with zero attached hydrogens (tertiary/aromatic N) is 2. The summed E-state index contributed by atoms with van der Waals surface area (Å²) in [7, 11) is 0. The van der Waals surface area contributed by atoms with Crippen LogP contribution in [0.1, 0.15) is 37.2 Å². The van der Waals surface area contributed by atoms with Crippen LogP contribution in [0.5, 0.6) is 5.75 Å². The lowest BCUT2D eigenvalue weighted by Crippen LogP contribution is -2.01. The number of carbonyl (C=O) groups is 1. The minimum Gasteiger partial charge on any atom is -0.504 e. The molecule has 1 aromatic heterocycles. The van der Waals surface area contributed by atoms with Crippen molar-refractivity contribution < 1.29 is 9.90 Å². The molecule has 1 N–H and O–H groups in total.